The first-order valence-electron chi connectivity index (χ1n) is 6.06. The smallest absolute Gasteiger partial charge is 0.150 e. The number of hydrogen-bond donors (Lipinski definition) is 0. The summed E-state index contributed by atoms with van der Waals surface area (Å²) >= 11 is 3.41. The molecule has 4 nitrogen and oxygen atoms in total. The molecular formula is C13H14BrN3O. The van der Waals surface area contributed by atoms with Crippen molar-refractivity contribution in [3.63, 3.8) is 0 Å². The maximum Gasteiger partial charge on any atom is 0.150 e. The van der Waals surface area contributed by atoms with E-state index >= 15 is 0 Å². The van der Waals surface area contributed by atoms with Crippen LogP contribution < -0.4 is 0 Å². The van der Waals surface area contributed by atoms with Gasteiger partial charge in [0.25, 0.3) is 0 Å². The lowest BCUT2D eigenvalue weighted by atomic mass is 10.2. The molecule has 2 aromatic heterocycles. The van der Waals surface area contributed by atoms with Crippen molar-refractivity contribution in [1.29, 1.82) is 0 Å². The summed E-state index contributed by atoms with van der Waals surface area (Å²) in [6.45, 7) is 4.72. The van der Waals surface area contributed by atoms with Crippen molar-refractivity contribution >= 4 is 31.3 Å². The first-order valence-corrected chi connectivity index (χ1v) is 6.85. The molecular weight excluding hydrogens is 294 g/mol. The quantitative estimate of drug-likeness (QED) is 0.852. The number of rotatable bonds is 2. The molecule has 1 aliphatic rings. The Morgan fingerprint density at radius 3 is 3.11 bits per heavy atom. The summed E-state index contributed by atoms with van der Waals surface area (Å²) in [5.74, 6) is 0. The molecule has 1 unspecified atom stereocenters. The van der Waals surface area contributed by atoms with Gasteiger partial charge in [0.2, 0.25) is 0 Å². The number of halogens is 1. The molecule has 1 saturated heterocycles. The SMILES string of the molecule is C=C(Br)c1nn(C2CCCCO2)c2cnccc12. The van der Waals surface area contributed by atoms with Crippen molar-refractivity contribution < 1.29 is 4.74 Å². The molecule has 2 aromatic rings. The third-order valence-electron chi connectivity index (χ3n) is 3.20. The molecule has 0 saturated carbocycles. The van der Waals surface area contributed by atoms with Gasteiger partial charge in [-0.05, 0) is 41.3 Å². The predicted molar refractivity (Wildman–Crippen MR) is 74.3 cm³/mol. The van der Waals surface area contributed by atoms with Crippen LogP contribution in [0.15, 0.2) is 25.0 Å². The van der Waals surface area contributed by atoms with Crippen molar-refractivity contribution in [2.75, 3.05) is 6.61 Å². The maximum absolute atomic E-state index is 5.79. The summed E-state index contributed by atoms with van der Waals surface area (Å²) < 4.78 is 8.51. The zero-order valence-electron chi connectivity index (χ0n) is 9.97. The summed E-state index contributed by atoms with van der Waals surface area (Å²) in [6.07, 6.45) is 6.93. The van der Waals surface area contributed by atoms with Crippen LogP contribution in [0.25, 0.3) is 15.4 Å². The minimum atomic E-state index is 0.0195. The number of aromatic nitrogens is 3. The number of pyridine rings is 1. The van der Waals surface area contributed by atoms with Crippen LogP contribution >= 0.6 is 15.9 Å². The standard InChI is InChI=1S/C13H14BrN3O/c1-9(14)13-10-5-6-15-8-11(10)17(16-13)12-4-2-3-7-18-12/h5-6,8,12H,1-4,7H2. The Morgan fingerprint density at radius 1 is 1.50 bits per heavy atom. The largest absolute Gasteiger partial charge is 0.356 e. The van der Waals surface area contributed by atoms with Crippen LogP contribution in [0.1, 0.15) is 31.2 Å². The highest BCUT2D eigenvalue weighted by Crippen LogP contribution is 2.31. The summed E-state index contributed by atoms with van der Waals surface area (Å²) in [5, 5.41) is 5.67. The highest BCUT2D eigenvalue weighted by molar-refractivity contribution is 9.15. The first-order chi connectivity index (χ1) is 8.77. The van der Waals surface area contributed by atoms with E-state index in [0.29, 0.717) is 0 Å². The minimum absolute atomic E-state index is 0.0195. The van der Waals surface area contributed by atoms with E-state index in [-0.39, 0.29) is 6.23 Å². The van der Waals surface area contributed by atoms with Crippen molar-refractivity contribution in [1.82, 2.24) is 14.8 Å². The fourth-order valence-corrected chi connectivity index (χ4v) is 2.61. The molecule has 0 bridgehead atoms. The Labute approximate surface area is 114 Å². The van der Waals surface area contributed by atoms with E-state index < -0.39 is 0 Å². The highest BCUT2D eigenvalue weighted by Gasteiger charge is 2.21. The number of nitrogens with zero attached hydrogens (tertiary/aromatic N) is 3. The van der Waals surface area contributed by atoms with Crippen LogP contribution in [-0.2, 0) is 4.74 Å². The Morgan fingerprint density at radius 2 is 2.39 bits per heavy atom. The van der Waals surface area contributed by atoms with E-state index in [1.807, 2.05) is 16.9 Å². The van der Waals surface area contributed by atoms with Crippen LogP contribution in [0.5, 0.6) is 0 Å². The third kappa shape index (κ3) is 1.97. The number of fused-ring (bicyclic) bond motifs is 1. The average Bonchev–Trinajstić information content (AvgIpc) is 2.79. The molecule has 3 heterocycles. The van der Waals surface area contributed by atoms with Crippen molar-refractivity contribution in [2.24, 2.45) is 0 Å². The summed E-state index contributed by atoms with van der Waals surface area (Å²) in [5.41, 5.74) is 1.86. The molecule has 1 fully saturated rings. The Kier molecular flexibility index (Phi) is 3.18. The van der Waals surface area contributed by atoms with Crippen LogP contribution in [-0.4, -0.2) is 21.4 Å². The molecule has 3 rings (SSSR count). The van der Waals surface area contributed by atoms with Gasteiger partial charge in [0.05, 0.1) is 11.7 Å². The summed E-state index contributed by atoms with van der Waals surface area (Å²) in [7, 11) is 0. The van der Waals surface area contributed by atoms with E-state index in [2.05, 4.69) is 32.6 Å². The highest BCUT2D eigenvalue weighted by atomic mass is 79.9. The molecule has 0 amide bonds. The van der Waals surface area contributed by atoms with Crippen LogP contribution in [0.3, 0.4) is 0 Å². The van der Waals surface area contributed by atoms with Gasteiger partial charge in [-0.25, -0.2) is 4.68 Å². The molecule has 0 N–H and O–H groups in total. The van der Waals surface area contributed by atoms with E-state index in [0.717, 1.165) is 40.5 Å². The Bertz CT molecular complexity index is 587. The average molecular weight is 308 g/mol. The second kappa shape index (κ2) is 4.82. The molecule has 0 spiro atoms. The van der Waals surface area contributed by atoms with E-state index in [1.54, 1.807) is 6.20 Å². The van der Waals surface area contributed by atoms with Crippen molar-refractivity contribution in [3.05, 3.63) is 30.7 Å². The second-order valence-corrected chi connectivity index (χ2v) is 5.37. The summed E-state index contributed by atoms with van der Waals surface area (Å²) in [6, 6.07) is 1.96. The molecule has 0 radical (unpaired) electrons. The second-order valence-electron chi connectivity index (χ2n) is 4.41. The zero-order chi connectivity index (χ0) is 12.5. The van der Waals surface area contributed by atoms with Gasteiger partial charge >= 0.3 is 0 Å². The van der Waals surface area contributed by atoms with Crippen molar-refractivity contribution in [3.8, 4) is 0 Å². The predicted octanol–water partition coefficient (Wildman–Crippen LogP) is 3.50. The van der Waals surface area contributed by atoms with Gasteiger partial charge in [0.1, 0.15) is 5.69 Å². The van der Waals surface area contributed by atoms with E-state index in [9.17, 15) is 0 Å². The fourth-order valence-electron chi connectivity index (χ4n) is 2.32. The van der Waals surface area contributed by atoms with Gasteiger partial charge in [-0.3, -0.25) is 4.98 Å². The monoisotopic (exact) mass is 307 g/mol. The zero-order valence-corrected chi connectivity index (χ0v) is 11.6. The lowest BCUT2D eigenvalue weighted by molar-refractivity contribution is -0.0367. The summed E-state index contributed by atoms with van der Waals surface area (Å²) in [4.78, 5) is 4.18. The van der Waals surface area contributed by atoms with E-state index in [4.69, 9.17) is 4.74 Å². The van der Waals surface area contributed by atoms with Crippen LogP contribution in [0.4, 0.5) is 0 Å². The van der Waals surface area contributed by atoms with Gasteiger partial charge in [0.15, 0.2) is 6.23 Å². The normalized spacial score (nSPS) is 20.2. The molecule has 0 aliphatic carbocycles. The maximum atomic E-state index is 5.79. The first kappa shape index (κ1) is 11.9. The minimum Gasteiger partial charge on any atom is -0.356 e. The lowest BCUT2D eigenvalue weighted by Gasteiger charge is -2.23. The fraction of sp³-hybridized carbons (Fsp3) is 0.385. The number of hydrogen-bond acceptors (Lipinski definition) is 3. The molecule has 18 heavy (non-hydrogen) atoms. The number of ether oxygens (including phenoxy) is 1. The molecule has 1 aliphatic heterocycles. The topological polar surface area (TPSA) is 39.9 Å². The van der Waals surface area contributed by atoms with E-state index in [1.165, 1.54) is 6.42 Å². The van der Waals surface area contributed by atoms with Crippen LogP contribution in [0.2, 0.25) is 0 Å². The van der Waals surface area contributed by atoms with Gasteiger partial charge in [0, 0.05) is 22.7 Å². The third-order valence-corrected chi connectivity index (χ3v) is 3.57. The van der Waals surface area contributed by atoms with Gasteiger partial charge < -0.3 is 4.74 Å². The molecule has 94 valence electrons. The van der Waals surface area contributed by atoms with Gasteiger partial charge in [-0.1, -0.05) is 6.58 Å². The Hall–Kier alpha value is -1.20. The van der Waals surface area contributed by atoms with Crippen LogP contribution in [0, 0.1) is 0 Å². The van der Waals surface area contributed by atoms with Gasteiger partial charge in [-0.15, -0.1) is 0 Å². The molecule has 1 atom stereocenters. The lowest BCUT2D eigenvalue weighted by Crippen LogP contribution is -2.19. The molecule has 0 aromatic carbocycles. The molecule has 5 heteroatoms. The Balaban J connectivity index is 2.13. The van der Waals surface area contributed by atoms with Crippen molar-refractivity contribution in [2.45, 2.75) is 25.5 Å². The van der Waals surface area contributed by atoms with Gasteiger partial charge in [-0.2, -0.15) is 5.10 Å².